The smallest absolute Gasteiger partial charge is 0.282 e. The molecule has 0 aliphatic rings. The number of hydrogen-bond acceptors (Lipinski definition) is 9. The lowest BCUT2D eigenvalue weighted by atomic mass is 10.0. The van der Waals surface area contributed by atoms with Crippen molar-refractivity contribution in [1.82, 2.24) is 19.5 Å². The molecule has 11 nitrogen and oxygen atoms in total. The molecule has 0 bridgehead atoms. The highest BCUT2D eigenvalue weighted by molar-refractivity contribution is 7.92. The second-order valence-corrected chi connectivity index (χ2v) is 9.68. The van der Waals surface area contributed by atoms with Gasteiger partial charge in [-0.3, -0.25) is 4.72 Å². The number of nitrogens with one attached hydrogen (secondary N) is 2. The fourth-order valence-corrected chi connectivity index (χ4v) is 4.69. The Bertz CT molecular complexity index is 1470. The summed E-state index contributed by atoms with van der Waals surface area (Å²) >= 11 is 0. The average molecular weight is 513 g/mol. The van der Waals surface area contributed by atoms with Crippen molar-refractivity contribution in [2.75, 3.05) is 30.9 Å². The third-order valence-corrected chi connectivity index (χ3v) is 6.71. The van der Waals surface area contributed by atoms with Gasteiger partial charge in [0.25, 0.3) is 10.0 Å². The van der Waals surface area contributed by atoms with Gasteiger partial charge in [0.2, 0.25) is 0 Å². The van der Waals surface area contributed by atoms with Gasteiger partial charge >= 0.3 is 0 Å². The zero-order valence-electron chi connectivity index (χ0n) is 20.2. The summed E-state index contributed by atoms with van der Waals surface area (Å²) in [5.41, 5.74) is 2.55. The van der Waals surface area contributed by atoms with Gasteiger partial charge < -0.3 is 24.5 Å². The number of aliphatic hydroxyl groups is 1. The molecule has 4 rings (SSSR count). The fraction of sp³-hybridized carbons (Fsp3) is 0.292. The molecule has 0 spiro atoms. The van der Waals surface area contributed by atoms with Crippen LogP contribution in [0.4, 0.5) is 17.3 Å². The number of aliphatic hydroxyl groups excluding tert-OH is 1. The average Bonchev–Trinajstić information content (AvgIpc) is 3.32. The van der Waals surface area contributed by atoms with Gasteiger partial charge in [-0.1, -0.05) is 12.1 Å². The van der Waals surface area contributed by atoms with Crippen molar-refractivity contribution in [3.8, 4) is 11.5 Å². The number of anilines is 3. The molecule has 2 aromatic heterocycles. The Hall–Kier alpha value is -3.90. The van der Waals surface area contributed by atoms with Crippen LogP contribution >= 0.6 is 0 Å². The molecular weight excluding hydrogens is 484 g/mol. The molecule has 0 saturated carbocycles. The molecule has 0 atom stereocenters. The van der Waals surface area contributed by atoms with Gasteiger partial charge in [-0.25, -0.2) is 15.0 Å². The molecule has 190 valence electrons. The Morgan fingerprint density at radius 3 is 2.36 bits per heavy atom. The quantitative estimate of drug-likeness (QED) is 0.258. The molecule has 36 heavy (non-hydrogen) atoms. The molecular formula is C24H28N6O5S. The van der Waals surface area contributed by atoms with Gasteiger partial charge in [0.1, 0.15) is 11.5 Å². The Balaban J connectivity index is 1.81. The first-order chi connectivity index (χ1) is 17.3. The number of benzene rings is 2. The van der Waals surface area contributed by atoms with Crippen molar-refractivity contribution < 1.29 is 23.0 Å². The molecule has 0 aliphatic heterocycles. The van der Waals surface area contributed by atoms with Crippen LogP contribution in [0.25, 0.3) is 11.0 Å². The number of imidazole rings is 1. The van der Waals surface area contributed by atoms with Crippen molar-refractivity contribution in [2.45, 2.75) is 24.3 Å². The number of ether oxygens (including phenoxy) is 2. The number of sulfonamides is 1. The number of nitrogens with zero attached hydrogens (tertiary/aromatic N) is 4. The standard InChI is InChI=1S/C24H28N6O5S/c1-30-14-22(25-15-30)36(32,33)29-24-23(26-18-9-4-5-10-19(18)27-24)28-20-12-16(34-2)13-21(35-3)17(20)8-6-7-11-31/h4-5,9-10,12-15,31H,6-8,11H2,1-3H3,(H,26,28)(H,27,29). The van der Waals surface area contributed by atoms with Crippen LogP contribution in [-0.2, 0) is 23.5 Å². The minimum absolute atomic E-state index is 0.0162. The SMILES string of the molecule is COc1cc(Nc2nc3ccccc3nc2NS(=O)(=O)c2cn(C)cn2)c(CCCCO)c(OC)c1. The summed E-state index contributed by atoms with van der Waals surface area (Å²) in [6.07, 6.45) is 4.75. The zero-order valence-corrected chi connectivity index (χ0v) is 21.0. The predicted octanol–water partition coefficient (Wildman–Crippen LogP) is 3.24. The molecule has 4 aromatic rings. The Morgan fingerprint density at radius 2 is 1.75 bits per heavy atom. The monoisotopic (exact) mass is 512 g/mol. The van der Waals surface area contributed by atoms with E-state index in [-0.39, 0.29) is 23.3 Å². The Morgan fingerprint density at radius 1 is 1.03 bits per heavy atom. The summed E-state index contributed by atoms with van der Waals surface area (Å²) in [4.78, 5) is 13.1. The zero-order chi connectivity index (χ0) is 25.7. The van der Waals surface area contributed by atoms with E-state index in [0.717, 1.165) is 12.0 Å². The highest BCUT2D eigenvalue weighted by Gasteiger charge is 2.22. The highest BCUT2D eigenvalue weighted by Crippen LogP contribution is 2.36. The van der Waals surface area contributed by atoms with Gasteiger partial charge in [0, 0.05) is 37.5 Å². The van der Waals surface area contributed by atoms with Crippen LogP contribution in [0.2, 0.25) is 0 Å². The minimum atomic E-state index is -4.03. The number of methoxy groups -OCH3 is 2. The van der Waals surface area contributed by atoms with Gasteiger partial charge in [0.05, 0.1) is 37.3 Å². The van der Waals surface area contributed by atoms with Crippen LogP contribution < -0.4 is 19.5 Å². The maximum atomic E-state index is 13.1. The molecule has 0 radical (unpaired) electrons. The van der Waals surface area contributed by atoms with Crippen molar-refractivity contribution >= 4 is 38.4 Å². The van der Waals surface area contributed by atoms with Crippen LogP contribution in [0.1, 0.15) is 18.4 Å². The summed E-state index contributed by atoms with van der Waals surface area (Å²) in [6.45, 7) is 0.0802. The van der Waals surface area contributed by atoms with Gasteiger partial charge in [0.15, 0.2) is 16.7 Å². The van der Waals surface area contributed by atoms with Crippen molar-refractivity contribution in [3.05, 3.63) is 54.5 Å². The normalized spacial score (nSPS) is 11.4. The molecule has 2 heterocycles. The van der Waals surface area contributed by atoms with Crippen molar-refractivity contribution in [1.29, 1.82) is 0 Å². The van der Waals surface area contributed by atoms with Gasteiger partial charge in [-0.05, 0) is 31.4 Å². The lowest BCUT2D eigenvalue weighted by Crippen LogP contribution is -2.16. The molecule has 0 amide bonds. The lowest BCUT2D eigenvalue weighted by molar-refractivity contribution is 0.284. The van der Waals surface area contributed by atoms with E-state index in [9.17, 15) is 13.5 Å². The molecule has 3 N–H and O–H groups in total. The number of aryl methyl sites for hydroxylation is 1. The van der Waals surface area contributed by atoms with Crippen LogP contribution in [0.15, 0.2) is 53.9 Å². The second kappa shape index (κ2) is 10.8. The summed E-state index contributed by atoms with van der Waals surface area (Å²) in [6, 6.07) is 10.7. The maximum Gasteiger partial charge on any atom is 0.282 e. The number of aromatic nitrogens is 4. The fourth-order valence-electron chi connectivity index (χ4n) is 3.70. The molecule has 0 unspecified atom stereocenters. The molecule has 0 saturated heterocycles. The predicted molar refractivity (Wildman–Crippen MR) is 136 cm³/mol. The second-order valence-electron chi connectivity index (χ2n) is 8.05. The van der Waals surface area contributed by atoms with Crippen LogP contribution in [0.5, 0.6) is 11.5 Å². The first kappa shape index (κ1) is 25.2. The Kier molecular flexibility index (Phi) is 7.55. The van der Waals surface area contributed by atoms with Crippen LogP contribution in [0.3, 0.4) is 0 Å². The molecule has 2 aromatic carbocycles. The summed E-state index contributed by atoms with van der Waals surface area (Å²) in [5.74, 6) is 1.36. The molecule has 0 fully saturated rings. The molecule has 0 aliphatic carbocycles. The number of para-hydroxylation sites is 2. The maximum absolute atomic E-state index is 13.1. The van der Waals surface area contributed by atoms with E-state index in [1.807, 2.05) is 6.07 Å². The number of unbranched alkanes of at least 4 members (excludes halogenated alkanes) is 1. The minimum Gasteiger partial charge on any atom is -0.497 e. The van der Waals surface area contributed by atoms with E-state index in [1.165, 1.54) is 12.5 Å². The lowest BCUT2D eigenvalue weighted by Gasteiger charge is -2.19. The summed E-state index contributed by atoms with van der Waals surface area (Å²) < 4.78 is 41.2. The van der Waals surface area contributed by atoms with E-state index < -0.39 is 10.0 Å². The van der Waals surface area contributed by atoms with E-state index in [1.54, 1.807) is 56.2 Å². The third kappa shape index (κ3) is 5.50. The number of hydrogen-bond donors (Lipinski definition) is 3. The molecule has 12 heteroatoms. The number of fused-ring (bicyclic) bond motifs is 1. The summed E-state index contributed by atoms with van der Waals surface area (Å²) in [5, 5.41) is 12.3. The van der Waals surface area contributed by atoms with E-state index >= 15 is 0 Å². The van der Waals surface area contributed by atoms with E-state index in [4.69, 9.17) is 9.47 Å². The Labute approximate surface area is 209 Å². The van der Waals surface area contributed by atoms with Crippen LogP contribution in [0, 0.1) is 0 Å². The van der Waals surface area contributed by atoms with E-state index in [2.05, 4.69) is 25.0 Å². The number of rotatable bonds is 11. The largest absolute Gasteiger partial charge is 0.497 e. The first-order valence-corrected chi connectivity index (χ1v) is 12.7. The summed E-state index contributed by atoms with van der Waals surface area (Å²) in [7, 11) is 0.767. The van der Waals surface area contributed by atoms with Crippen LogP contribution in [-0.4, -0.2) is 53.9 Å². The topological polar surface area (TPSA) is 140 Å². The third-order valence-electron chi connectivity index (χ3n) is 5.48. The van der Waals surface area contributed by atoms with Crippen molar-refractivity contribution in [2.24, 2.45) is 7.05 Å². The van der Waals surface area contributed by atoms with Gasteiger partial charge in [-0.15, -0.1) is 0 Å². The van der Waals surface area contributed by atoms with Gasteiger partial charge in [-0.2, -0.15) is 8.42 Å². The van der Waals surface area contributed by atoms with Crippen molar-refractivity contribution in [3.63, 3.8) is 0 Å². The first-order valence-electron chi connectivity index (χ1n) is 11.2. The highest BCUT2D eigenvalue weighted by atomic mass is 32.2. The van der Waals surface area contributed by atoms with E-state index in [0.29, 0.717) is 41.1 Å².